The summed E-state index contributed by atoms with van der Waals surface area (Å²) >= 11 is 0. The van der Waals surface area contributed by atoms with Gasteiger partial charge in [0.25, 0.3) is 0 Å². The third kappa shape index (κ3) is 4.97. The summed E-state index contributed by atoms with van der Waals surface area (Å²) in [6.45, 7) is 1.84. The van der Waals surface area contributed by atoms with Gasteiger partial charge in [-0.05, 0) is 59.2 Å². The zero-order valence-corrected chi connectivity index (χ0v) is 15.2. The van der Waals surface area contributed by atoms with Crippen LogP contribution in [0.1, 0.15) is 24.5 Å². The fourth-order valence-corrected chi connectivity index (χ4v) is 2.47. The molecule has 8 nitrogen and oxygen atoms in total. The Bertz CT molecular complexity index is 920. The molecule has 0 fully saturated rings. The number of amides is 1. The molecule has 1 heterocycles. The number of tetrazole rings is 1. The van der Waals surface area contributed by atoms with Gasteiger partial charge in [0.1, 0.15) is 12.1 Å². The molecule has 0 aliphatic rings. The van der Waals surface area contributed by atoms with E-state index in [9.17, 15) is 4.79 Å². The fourth-order valence-electron chi connectivity index (χ4n) is 2.47. The third-order valence-electron chi connectivity index (χ3n) is 4.03. The SMILES string of the molecule is COc1ccc(CCC(=O)N/N=C(/C)c2cccc(-n3cnnn3)c2)cc1. The van der Waals surface area contributed by atoms with Crippen LogP contribution in [0.3, 0.4) is 0 Å². The number of nitrogens with zero attached hydrogens (tertiary/aromatic N) is 5. The molecule has 27 heavy (non-hydrogen) atoms. The monoisotopic (exact) mass is 364 g/mol. The molecule has 0 atom stereocenters. The van der Waals surface area contributed by atoms with E-state index >= 15 is 0 Å². The number of rotatable bonds is 7. The number of nitrogens with one attached hydrogen (secondary N) is 1. The quantitative estimate of drug-likeness (QED) is 0.512. The van der Waals surface area contributed by atoms with Crippen molar-refractivity contribution in [3.05, 3.63) is 66.0 Å². The van der Waals surface area contributed by atoms with Crippen LogP contribution in [0.25, 0.3) is 5.69 Å². The average molecular weight is 364 g/mol. The summed E-state index contributed by atoms with van der Waals surface area (Å²) in [5.74, 6) is 0.661. The van der Waals surface area contributed by atoms with Crippen LogP contribution in [0.2, 0.25) is 0 Å². The van der Waals surface area contributed by atoms with Crippen molar-refractivity contribution in [2.45, 2.75) is 19.8 Å². The predicted octanol–water partition coefficient (Wildman–Crippen LogP) is 2.14. The molecule has 8 heteroatoms. The second-order valence-electron chi connectivity index (χ2n) is 5.88. The van der Waals surface area contributed by atoms with Gasteiger partial charge >= 0.3 is 0 Å². The van der Waals surface area contributed by atoms with Crippen molar-refractivity contribution in [1.29, 1.82) is 0 Å². The van der Waals surface area contributed by atoms with Crippen LogP contribution in [0.4, 0.5) is 0 Å². The van der Waals surface area contributed by atoms with Crippen molar-refractivity contribution in [2.75, 3.05) is 7.11 Å². The van der Waals surface area contributed by atoms with Crippen molar-refractivity contribution >= 4 is 11.6 Å². The highest BCUT2D eigenvalue weighted by molar-refractivity contribution is 5.99. The number of hydrazone groups is 1. The number of hydrogen-bond donors (Lipinski definition) is 1. The minimum atomic E-state index is -0.137. The lowest BCUT2D eigenvalue weighted by Crippen LogP contribution is -2.19. The molecule has 0 bridgehead atoms. The molecule has 1 amide bonds. The first-order chi connectivity index (χ1) is 13.2. The predicted molar refractivity (Wildman–Crippen MR) is 101 cm³/mol. The molecule has 0 aliphatic carbocycles. The first kappa shape index (κ1) is 18.2. The van der Waals surface area contributed by atoms with E-state index in [1.54, 1.807) is 11.8 Å². The molecule has 1 aromatic heterocycles. The summed E-state index contributed by atoms with van der Waals surface area (Å²) in [5, 5.41) is 15.3. The van der Waals surface area contributed by atoms with E-state index in [0.29, 0.717) is 18.6 Å². The second kappa shape index (κ2) is 8.70. The number of carbonyl (C=O) groups excluding carboxylic acids is 1. The number of hydrogen-bond acceptors (Lipinski definition) is 6. The molecule has 0 spiro atoms. The summed E-state index contributed by atoms with van der Waals surface area (Å²) < 4.78 is 6.68. The topological polar surface area (TPSA) is 94.3 Å². The lowest BCUT2D eigenvalue weighted by molar-refractivity contribution is -0.121. The van der Waals surface area contributed by atoms with Gasteiger partial charge in [-0.2, -0.15) is 5.10 Å². The van der Waals surface area contributed by atoms with Gasteiger partial charge in [-0.3, -0.25) is 4.79 Å². The minimum absolute atomic E-state index is 0.137. The molecule has 3 aromatic rings. The summed E-state index contributed by atoms with van der Waals surface area (Å²) in [7, 11) is 1.63. The van der Waals surface area contributed by atoms with Crippen LogP contribution < -0.4 is 10.2 Å². The molecular formula is C19H20N6O2. The van der Waals surface area contributed by atoms with Crippen LogP contribution >= 0.6 is 0 Å². The van der Waals surface area contributed by atoms with E-state index in [2.05, 4.69) is 26.1 Å². The molecule has 3 rings (SSSR count). The van der Waals surface area contributed by atoms with Crippen LogP contribution in [-0.2, 0) is 11.2 Å². The van der Waals surface area contributed by atoms with Crippen molar-refractivity contribution < 1.29 is 9.53 Å². The fraction of sp³-hybridized carbons (Fsp3) is 0.211. The van der Waals surface area contributed by atoms with Crippen LogP contribution in [0, 0.1) is 0 Å². The van der Waals surface area contributed by atoms with E-state index in [1.807, 2.05) is 55.5 Å². The highest BCUT2D eigenvalue weighted by Gasteiger charge is 2.05. The van der Waals surface area contributed by atoms with Crippen molar-refractivity contribution in [3.8, 4) is 11.4 Å². The summed E-state index contributed by atoms with van der Waals surface area (Å²) in [4.78, 5) is 12.1. The molecule has 138 valence electrons. The minimum Gasteiger partial charge on any atom is -0.497 e. The highest BCUT2D eigenvalue weighted by Crippen LogP contribution is 2.13. The maximum absolute atomic E-state index is 12.1. The smallest absolute Gasteiger partial charge is 0.240 e. The van der Waals surface area contributed by atoms with Gasteiger partial charge in [0.15, 0.2) is 0 Å². The van der Waals surface area contributed by atoms with E-state index < -0.39 is 0 Å². The number of benzene rings is 2. The summed E-state index contributed by atoms with van der Waals surface area (Å²) in [5.41, 5.74) is 6.06. The number of methoxy groups -OCH3 is 1. The number of aromatic nitrogens is 4. The molecule has 0 aliphatic heterocycles. The Balaban J connectivity index is 1.56. The van der Waals surface area contributed by atoms with Crippen molar-refractivity contribution in [1.82, 2.24) is 25.6 Å². The maximum atomic E-state index is 12.1. The molecule has 1 N–H and O–H groups in total. The Hall–Kier alpha value is -3.55. The standard InChI is InChI=1S/C19H20N6O2/c1-14(16-4-3-5-17(12-16)25-13-20-23-24-25)21-22-19(26)11-8-15-6-9-18(27-2)10-7-15/h3-7,9-10,12-13H,8,11H2,1-2H3,(H,22,26)/b21-14-. The first-order valence-corrected chi connectivity index (χ1v) is 8.45. The van der Waals surface area contributed by atoms with Crippen molar-refractivity contribution in [3.63, 3.8) is 0 Å². The Kier molecular flexibility index (Phi) is 5.88. The van der Waals surface area contributed by atoms with Gasteiger partial charge in [-0.15, -0.1) is 5.10 Å². The van der Waals surface area contributed by atoms with Crippen LogP contribution in [0.5, 0.6) is 5.75 Å². The van der Waals surface area contributed by atoms with E-state index in [-0.39, 0.29) is 5.91 Å². The summed E-state index contributed by atoms with van der Waals surface area (Å²) in [6, 6.07) is 15.3. The van der Waals surface area contributed by atoms with Gasteiger partial charge in [-0.25, -0.2) is 10.1 Å². The molecule has 0 saturated heterocycles. The zero-order chi connectivity index (χ0) is 19.1. The van der Waals surface area contributed by atoms with Crippen LogP contribution in [0.15, 0.2) is 60.0 Å². The number of carbonyl (C=O) groups is 1. The lowest BCUT2D eigenvalue weighted by Gasteiger charge is -2.06. The lowest BCUT2D eigenvalue weighted by atomic mass is 10.1. The number of aryl methyl sites for hydroxylation is 1. The van der Waals surface area contributed by atoms with E-state index in [4.69, 9.17) is 4.74 Å². The third-order valence-corrected chi connectivity index (χ3v) is 4.03. The summed E-state index contributed by atoms with van der Waals surface area (Å²) in [6.07, 6.45) is 2.51. The highest BCUT2D eigenvalue weighted by atomic mass is 16.5. The second-order valence-corrected chi connectivity index (χ2v) is 5.88. The van der Waals surface area contributed by atoms with E-state index in [0.717, 1.165) is 22.6 Å². The maximum Gasteiger partial charge on any atom is 0.240 e. The molecular weight excluding hydrogens is 344 g/mol. The Labute approximate surface area is 156 Å². The van der Waals surface area contributed by atoms with Gasteiger partial charge in [0.2, 0.25) is 5.91 Å². The molecule has 0 radical (unpaired) electrons. The Morgan fingerprint density at radius 1 is 1.22 bits per heavy atom. The van der Waals surface area contributed by atoms with Gasteiger partial charge in [0.05, 0.1) is 18.5 Å². The van der Waals surface area contributed by atoms with Crippen molar-refractivity contribution in [2.24, 2.45) is 5.10 Å². The zero-order valence-electron chi connectivity index (χ0n) is 15.2. The Morgan fingerprint density at radius 3 is 2.74 bits per heavy atom. The van der Waals surface area contributed by atoms with E-state index in [1.165, 1.54) is 6.33 Å². The van der Waals surface area contributed by atoms with Gasteiger partial charge < -0.3 is 4.74 Å². The molecule has 0 saturated carbocycles. The van der Waals surface area contributed by atoms with Gasteiger partial charge in [-0.1, -0.05) is 24.3 Å². The largest absolute Gasteiger partial charge is 0.497 e. The molecule has 0 unspecified atom stereocenters. The van der Waals surface area contributed by atoms with Crippen LogP contribution in [-0.4, -0.2) is 38.9 Å². The number of ether oxygens (including phenoxy) is 1. The van der Waals surface area contributed by atoms with Gasteiger partial charge in [0, 0.05) is 6.42 Å². The Morgan fingerprint density at radius 2 is 2.04 bits per heavy atom. The molecule has 2 aromatic carbocycles. The average Bonchev–Trinajstić information content (AvgIpc) is 3.26. The first-order valence-electron chi connectivity index (χ1n) is 8.45. The normalized spacial score (nSPS) is 11.3.